The van der Waals surface area contributed by atoms with Crippen molar-refractivity contribution in [2.45, 2.75) is 25.0 Å². The fraction of sp³-hybridized carbons (Fsp3) is 0.417. The fourth-order valence-corrected chi connectivity index (χ4v) is 2.07. The Labute approximate surface area is 109 Å². The van der Waals surface area contributed by atoms with Crippen molar-refractivity contribution in [3.8, 4) is 0 Å². The summed E-state index contributed by atoms with van der Waals surface area (Å²) in [6, 6.07) is 4.23. The summed E-state index contributed by atoms with van der Waals surface area (Å²) >= 11 is 5.76. The van der Waals surface area contributed by atoms with Crippen LogP contribution in [0.25, 0.3) is 0 Å². The van der Waals surface area contributed by atoms with Gasteiger partial charge in [0.1, 0.15) is 5.82 Å². The van der Waals surface area contributed by atoms with E-state index in [2.05, 4.69) is 5.32 Å². The highest BCUT2D eigenvalue weighted by Gasteiger charge is 2.30. The second-order valence-electron chi connectivity index (χ2n) is 4.17. The fourth-order valence-electron chi connectivity index (χ4n) is 1.89. The van der Waals surface area contributed by atoms with Crippen LogP contribution in [0, 0.1) is 5.82 Å². The smallest absolute Gasteiger partial charge is 0.332 e. The Hall–Kier alpha value is -1.33. The number of hydrogen-bond donors (Lipinski definition) is 2. The van der Waals surface area contributed by atoms with Crippen LogP contribution in [-0.2, 0) is 9.53 Å². The highest BCUT2D eigenvalue weighted by molar-refractivity contribution is 6.30. The maximum Gasteiger partial charge on any atom is 0.332 e. The van der Waals surface area contributed by atoms with Crippen LogP contribution in [0.4, 0.5) is 10.1 Å². The number of carbonyl (C=O) groups is 1. The van der Waals surface area contributed by atoms with Crippen molar-refractivity contribution in [3.63, 3.8) is 0 Å². The Bertz CT molecular complexity index is 455. The second kappa shape index (κ2) is 5.54. The number of halogens is 2. The van der Waals surface area contributed by atoms with Crippen LogP contribution >= 0.6 is 11.6 Å². The maximum absolute atomic E-state index is 13.4. The van der Waals surface area contributed by atoms with Crippen molar-refractivity contribution in [1.29, 1.82) is 0 Å². The number of benzene rings is 1. The van der Waals surface area contributed by atoms with Gasteiger partial charge in [0.2, 0.25) is 0 Å². The molecule has 0 radical (unpaired) electrons. The molecule has 0 saturated carbocycles. The van der Waals surface area contributed by atoms with Crippen molar-refractivity contribution in [2.24, 2.45) is 0 Å². The molecular formula is C12H13ClFNO3. The third-order valence-corrected chi connectivity index (χ3v) is 3.07. The van der Waals surface area contributed by atoms with E-state index in [4.69, 9.17) is 21.4 Å². The van der Waals surface area contributed by atoms with Crippen molar-refractivity contribution >= 4 is 23.3 Å². The normalized spacial score (nSPS) is 23.0. The van der Waals surface area contributed by atoms with E-state index in [1.807, 2.05) is 0 Å². The minimum atomic E-state index is -0.952. The number of ether oxygens (including phenoxy) is 1. The zero-order valence-electron chi connectivity index (χ0n) is 9.53. The predicted molar refractivity (Wildman–Crippen MR) is 65.4 cm³/mol. The van der Waals surface area contributed by atoms with E-state index < -0.39 is 17.9 Å². The van der Waals surface area contributed by atoms with Gasteiger partial charge in [-0.15, -0.1) is 0 Å². The third-order valence-electron chi connectivity index (χ3n) is 2.83. The van der Waals surface area contributed by atoms with Crippen molar-refractivity contribution in [2.75, 3.05) is 11.9 Å². The molecule has 1 fully saturated rings. The monoisotopic (exact) mass is 273 g/mol. The summed E-state index contributed by atoms with van der Waals surface area (Å²) in [5.41, 5.74) is 0.296. The molecule has 0 bridgehead atoms. The predicted octanol–water partition coefficient (Wildman–Crippen LogP) is 2.52. The number of anilines is 1. The molecule has 1 aromatic carbocycles. The van der Waals surface area contributed by atoms with Gasteiger partial charge in [-0.25, -0.2) is 9.18 Å². The van der Waals surface area contributed by atoms with Crippen molar-refractivity contribution in [1.82, 2.24) is 0 Å². The van der Waals surface area contributed by atoms with Crippen LogP contribution < -0.4 is 5.32 Å². The summed E-state index contributed by atoms with van der Waals surface area (Å²) in [7, 11) is 0. The van der Waals surface area contributed by atoms with Crippen LogP contribution in [-0.4, -0.2) is 29.8 Å². The molecule has 2 N–H and O–H groups in total. The van der Waals surface area contributed by atoms with E-state index in [-0.39, 0.29) is 6.10 Å². The lowest BCUT2D eigenvalue weighted by atomic mass is 10.2. The van der Waals surface area contributed by atoms with E-state index in [1.165, 1.54) is 18.2 Å². The SMILES string of the molecule is O=C(O)C1CCC(CNc2cc(Cl)ccc2F)O1. The van der Waals surface area contributed by atoms with Crippen LogP contribution in [0.1, 0.15) is 12.8 Å². The molecule has 2 unspecified atom stereocenters. The summed E-state index contributed by atoms with van der Waals surface area (Å²) in [4.78, 5) is 10.7. The summed E-state index contributed by atoms with van der Waals surface area (Å²) in [5.74, 6) is -1.35. The first-order valence-electron chi connectivity index (χ1n) is 5.63. The lowest BCUT2D eigenvalue weighted by Crippen LogP contribution is -2.24. The largest absolute Gasteiger partial charge is 0.479 e. The summed E-state index contributed by atoms with van der Waals surface area (Å²) in [6.45, 7) is 0.362. The van der Waals surface area contributed by atoms with Crippen molar-refractivity contribution < 1.29 is 19.0 Å². The Kier molecular flexibility index (Phi) is 4.04. The topological polar surface area (TPSA) is 58.6 Å². The third kappa shape index (κ3) is 3.11. The van der Waals surface area contributed by atoms with Crippen molar-refractivity contribution in [3.05, 3.63) is 29.0 Å². The van der Waals surface area contributed by atoms with Gasteiger partial charge in [-0.2, -0.15) is 0 Å². The van der Waals surface area contributed by atoms with Crippen LogP contribution in [0.15, 0.2) is 18.2 Å². The number of rotatable bonds is 4. The lowest BCUT2D eigenvalue weighted by Gasteiger charge is -2.13. The number of carboxylic acids is 1. The van der Waals surface area contributed by atoms with Crippen LogP contribution in [0.5, 0.6) is 0 Å². The zero-order chi connectivity index (χ0) is 13.1. The van der Waals surface area contributed by atoms with Gasteiger partial charge in [-0.1, -0.05) is 11.6 Å². The van der Waals surface area contributed by atoms with E-state index in [9.17, 15) is 9.18 Å². The first kappa shape index (κ1) is 13.1. The molecule has 0 aliphatic carbocycles. The highest BCUT2D eigenvalue weighted by Crippen LogP contribution is 2.23. The van der Waals surface area contributed by atoms with Gasteiger partial charge in [-0.3, -0.25) is 0 Å². The molecule has 1 saturated heterocycles. The zero-order valence-corrected chi connectivity index (χ0v) is 10.3. The number of aliphatic carboxylic acids is 1. The lowest BCUT2D eigenvalue weighted by molar-refractivity contribution is -0.149. The minimum absolute atomic E-state index is 0.218. The van der Waals surface area contributed by atoms with Gasteiger partial charge in [-0.05, 0) is 31.0 Å². The molecular weight excluding hydrogens is 261 g/mol. The molecule has 4 nitrogen and oxygen atoms in total. The summed E-state index contributed by atoms with van der Waals surface area (Å²) < 4.78 is 18.7. The minimum Gasteiger partial charge on any atom is -0.479 e. The molecule has 1 aromatic rings. The summed E-state index contributed by atoms with van der Waals surface area (Å²) in [6.07, 6.45) is 0.164. The van der Waals surface area contributed by atoms with Gasteiger partial charge in [0.15, 0.2) is 6.10 Å². The van der Waals surface area contributed by atoms with Gasteiger partial charge < -0.3 is 15.2 Å². The molecule has 18 heavy (non-hydrogen) atoms. The van der Waals surface area contributed by atoms with Gasteiger partial charge in [0.05, 0.1) is 11.8 Å². The average Bonchev–Trinajstić information content (AvgIpc) is 2.79. The Balaban J connectivity index is 1.89. The Morgan fingerprint density at radius 3 is 3.00 bits per heavy atom. The average molecular weight is 274 g/mol. The summed E-state index contributed by atoms with van der Waals surface area (Å²) in [5, 5.41) is 12.1. The van der Waals surface area contributed by atoms with Crippen LogP contribution in [0.3, 0.4) is 0 Å². The Morgan fingerprint density at radius 1 is 1.56 bits per heavy atom. The van der Waals surface area contributed by atoms with E-state index >= 15 is 0 Å². The van der Waals surface area contributed by atoms with Gasteiger partial charge in [0.25, 0.3) is 0 Å². The van der Waals surface area contributed by atoms with Crippen LogP contribution in [0.2, 0.25) is 5.02 Å². The molecule has 98 valence electrons. The molecule has 0 amide bonds. The molecule has 1 aliphatic rings. The first-order valence-corrected chi connectivity index (χ1v) is 6.01. The molecule has 0 spiro atoms. The standard InChI is InChI=1S/C12H13ClFNO3/c13-7-1-3-9(14)10(5-7)15-6-8-2-4-11(18-8)12(16)17/h1,3,5,8,11,15H,2,4,6H2,(H,16,17). The molecule has 2 atom stereocenters. The molecule has 2 rings (SSSR count). The van der Waals surface area contributed by atoms with E-state index in [0.717, 1.165) is 0 Å². The van der Waals surface area contributed by atoms with E-state index in [0.29, 0.717) is 30.1 Å². The second-order valence-corrected chi connectivity index (χ2v) is 4.60. The number of nitrogens with one attached hydrogen (secondary N) is 1. The van der Waals surface area contributed by atoms with Gasteiger partial charge >= 0.3 is 5.97 Å². The number of carboxylic acid groups (broad SMARTS) is 1. The molecule has 1 aliphatic heterocycles. The molecule has 6 heteroatoms. The highest BCUT2D eigenvalue weighted by atomic mass is 35.5. The van der Waals surface area contributed by atoms with Gasteiger partial charge in [0, 0.05) is 11.6 Å². The first-order chi connectivity index (χ1) is 8.56. The maximum atomic E-state index is 13.4. The van der Waals surface area contributed by atoms with E-state index in [1.54, 1.807) is 0 Å². The molecule has 0 aromatic heterocycles. The quantitative estimate of drug-likeness (QED) is 0.885. The molecule has 1 heterocycles. The number of hydrogen-bond acceptors (Lipinski definition) is 3. The Morgan fingerprint density at radius 2 is 2.33 bits per heavy atom.